The third-order valence-electron chi connectivity index (χ3n) is 5.10. The Hall–Kier alpha value is -0.970. The van der Waals surface area contributed by atoms with Gasteiger partial charge in [-0.05, 0) is 61.6 Å². The van der Waals surface area contributed by atoms with Crippen molar-refractivity contribution in [2.45, 2.75) is 57.1 Å². The number of nitrogens with two attached hydrogens (primary N) is 1. The first-order valence-corrected chi connectivity index (χ1v) is 7.81. The largest absolute Gasteiger partial charge is 0.375 e. The molecule has 0 aromatic carbocycles. The van der Waals surface area contributed by atoms with Gasteiger partial charge >= 0.3 is 0 Å². The zero-order chi connectivity index (χ0) is 14.0. The Morgan fingerprint density at radius 1 is 1.55 bits per heavy atom. The normalized spacial score (nSPS) is 26.2. The smallest absolute Gasteiger partial charge is 0.0686 e. The molecule has 1 saturated heterocycles. The van der Waals surface area contributed by atoms with Gasteiger partial charge in [0.15, 0.2) is 0 Å². The van der Waals surface area contributed by atoms with Crippen LogP contribution in [0.2, 0.25) is 0 Å². The molecule has 4 nitrogen and oxygen atoms in total. The third-order valence-corrected chi connectivity index (χ3v) is 5.10. The average molecular weight is 275 g/mol. The van der Waals surface area contributed by atoms with E-state index in [9.17, 15) is 0 Å². The van der Waals surface area contributed by atoms with Gasteiger partial charge < -0.3 is 4.74 Å². The van der Waals surface area contributed by atoms with Crippen molar-refractivity contribution in [1.82, 2.24) is 10.4 Å². The number of aryl methyl sites for hydroxylation is 1. The highest BCUT2D eigenvalue weighted by Gasteiger charge is 2.44. The number of nitrogens with one attached hydrogen (secondary N) is 1. The summed E-state index contributed by atoms with van der Waals surface area (Å²) in [6, 6.07) is 2.33. The molecule has 2 aliphatic rings. The van der Waals surface area contributed by atoms with Gasteiger partial charge in [0.1, 0.15) is 0 Å². The molecule has 0 bridgehead atoms. The molecule has 110 valence electrons. The van der Waals surface area contributed by atoms with E-state index in [0.29, 0.717) is 5.92 Å². The van der Waals surface area contributed by atoms with Crippen LogP contribution in [-0.2, 0) is 11.2 Å². The molecule has 1 saturated carbocycles. The summed E-state index contributed by atoms with van der Waals surface area (Å²) in [5, 5.41) is 0. The minimum Gasteiger partial charge on any atom is -0.375 e. The molecule has 2 unspecified atom stereocenters. The molecule has 2 fully saturated rings. The van der Waals surface area contributed by atoms with Crippen LogP contribution in [0.4, 0.5) is 0 Å². The van der Waals surface area contributed by atoms with Crippen LogP contribution in [0.5, 0.6) is 0 Å². The Morgan fingerprint density at radius 2 is 2.40 bits per heavy atom. The van der Waals surface area contributed by atoms with Crippen LogP contribution in [0.15, 0.2) is 18.5 Å². The van der Waals surface area contributed by atoms with E-state index in [1.54, 1.807) is 0 Å². The fourth-order valence-electron chi connectivity index (χ4n) is 3.79. The molecule has 2 atom stereocenters. The van der Waals surface area contributed by atoms with Crippen LogP contribution in [0, 0.1) is 5.92 Å². The molecule has 20 heavy (non-hydrogen) atoms. The molecule has 1 aromatic rings. The quantitative estimate of drug-likeness (QED) is 0.655. The fraction of sp³-hybridized carbons (Fsp3) is 0.688. The molecule has 1 spiro atoms. The second-order valence-corrected chi connectivity index (χ2v) is 6.21. The van der Waals surface area contributed by atoms with Crippen molar-refractivity contribution >= 4 is 0 Å². The topological polar surface area (TPSA) is 60.2 Å². The lowest BCUT2D eigenvalue weighted by molar-refractivity contribution is -0.147. The van der Waals surface area contributed by atoms with Gasteiger partial charge in [0.05, 0.1) is 5.60 Å². The number of aromatic nitrogens is 1. The van der Waals surface area contributed by atoms with Crippen molar-refractivity contribution in [3.8, 4) is 0 Å². The molecule has 1 aliphatic heterocycles. The molecule has 3 N–H and O–H groups in total. The van der Waals surface area contributed by atoms with Crippen LogP contribution < -0.4 is 11.3 Å². The Balaban J connectivity index is 1.82. The average Bonchev–Trinajstić information content (AvgIpc) is 2.47. The van der Waals surface area contributed by atoms with E-state index < -0.39 is 0 Å². The second-order valence-electron chi connectivity index (χ2n) is 6.21. The summed E-state index contributed by atoms with van der Waals surface area (Å²) in [7, 11) is 0. The van der Waals surface area contributed by atoms with Crippen molar-refractivity contribution in [3.63, 3.8) is 0 Å². The molecule has 3 rings (SSSR count). The predicted molar refractivity (Wildman–Crippen MR) is 78.9 cm³/mol. The second kappa shape index (κ2) is 5.80. The summed E-state index contributed by atoms with van der Waals surface area (Å²) in [5.41, 5.74) is 5.84. The number of pyridine rings is 1. The summed E-state index contributed by atoms with van der Waals surface area (Å²) in [6.45, 7) is 3.04. The number of hydrogen-bond donors (Lipinski definition) is 2. The molecular weight excluding hydrogens is 250 g/mol. The van der Waals surface area contributed by atoms with Crippen LogP contribution in [0.1, 0.15) is 56.2 Å². The van der Waals surface area contributed by atoms with E-state index in [-0.39, 0.29) is 11.6 Å². The summed E-state index contributed by atoms with van der Waals surface area (Å²) < 4.78 is 6.04. The van der Waals surface area contributed by atoms with Crippen LogP contribution >= 0.6 is 0 Å². The number of nitrogens with zero attached hydrogens (tertiary/aromatic N) is 1. The zero-order valence-electron chi connectivity index (χ0n) is 12.3. The van der Waals surface area contributed by atoms with E-state index >= 15 is 0 Å². The SMILES string of the molecule is CCc1cnccc1C(NN)C1CCOC2(CCC2)C1. The van der Waals surface area contributed by atoms with Gasteiger partial charge in [-0.15, -0.1) is 0 Å². The highest BCUT2D eigenvalue weighted by Crippen LogP contribution is 2.47. The Kier molecular flexibility index (Phi) is 4.06. The van der Waals surface area contributed by atoms with Crippen molar-refractivity contribution in [2.24, 2.45) is 11.8 Å². The summed E-state index contributed by atoms with van der Waals surface area (Å²) >= 11 is 0. The summed E-state index contributed by atoms with van der Waals surface area (Å²) in [4.78, 5) is 4.24. The number of ether oxygens (including phenoxy) is 1. The van der Waals surface area contributed by atoms with E-state index in [1.165, 1.54) is 30.4 Å². The predicted octanol–water partition coefficient (Wildman–Crippen LogP) is 2.50. The van der Waals surface area contributed by atoms with Crippen LogP contribution in [-0.4, -0.2) is 17.2 Å². The lowest BCUT2D eigenvalue weighted by Gasteiger charge is -2.48. The monoisotopic (exact) mass is 275 g/mol. The van der Waals surface area contributed by atoms with Crippen molar-refractivity contribution in [3.05, 3.63) is 29.6 Å². The molecule has 0 amide bonds. The van der Waals surface area contributed by atoms with E-state index in [1.807, 2.05) is 12.4 Å². The third kappa shape index (κ3) is 2.48. The van der Waals surface area contributed by atoms with Gasteiger partial charge in [-0.1, -0.05) is 6.92 Å². The standard InChI is InChI=1S/C16H25N3O/c1-2-12-11-18-8-4-14(12)15(19-17)13-5-9-20-16(10-13)6-3-7-16/h4,8,11,13,15,19H,2-3,5-7,9-10,17H2,1H3. The van der Waals surface area contributed by atoms with E-state index in [4.69, 9.17) is 10.6 Å². The van der Waals surface area contributed by atoms with Gasteiger partial charge in [-0.2, -0.15) is 0 Å². The Labute approximate surface area is 121 Å². The highest BCUT2D eigenvalue weighted by molar-refractivity contribution is 5.27. The van der Waals surface area contributed by atoms with Crippen molar-refractivity contribution in [2.75, 3.05) is 6.61 Å². The molecule has 4 heteroatoms. The number of hydrazine groups is 1. The summed E-state index contributed by atoms with van der Waals surface area (Å²) in [6.07, 6.45) is 10.8. The first-order chi connectivity index (χ1) is 9.78. The zero-order valence-corrected chi connectivity index (χ0v) is 12.3. The van der Waals surface area contributed by atoms with Crippen molar-refractivity contribution < 1.29 is 4.74 Å². The molecule has 0 radical (unpaired) electrons. The Bertz CT molecular complexity index is 459. The molecule has 1 aromatic heterocycles. The summed E-state index contributed by atoms with van der Waals surface area (Å²) in [5.74, 6) is 6.45. The molecular formula is C16H25N3O. The fourth-order valence-corrected chi connectivity index (χ4v) is 3.79. The van der Waals surface area contributed by atoms with Crippen molar-refractivity contribution in [1.29, 1.82) is 0 Å². The van der Waals surface area contributed by atoms with Gasteiger partial charge in [-0.25, -0.2) is 0 Å². The van der Waals surface area contributed by atoms with Gasteiger partial charge in [0.25, 0.3) is 0 Å². The van der Waals surface area contributed by atoms with Crippen LogP contribution in [0.25, 0.3) is 0 Å². The first-order valence-electron chi connectivity index (χ1n) is 7.81. The number of hydrogen-bond acceptors (Lipinski definition) is 4. The van der Waals surface area contributed by atoms with Gasteiger partial charge in [0, 0.05) is 25.0 Å². The molecule has 1 aliphatic carbocycles. The lowest BCUT2D eigenvalue weighted by Crippen LogP contribution is -2.48. The maximum absolute atomic E-state index is 6.04. The van der Waals surface area contributed by atoms with Gasteiger partial charge in [-0.3, -0.25) is 16.3 Å². The first kappa shape index (κ1) is 14.0. The van der Waals surface area contributed by atoms with E-state index in [2.05, 4.69) is 23.4 Å². The molecule has 2 heterocycles. The number of rotatable bonds is 4. The minimum atomic E-state index is 0.164. The van der Waals surface area contributed by atoms with Crippen LogP contribution in [0.3, 0.4) is 0 Å². The van der Waals surface area contributed by atoms with Gasteiger partial charge in [0.2, 0.25) is 0 Å². The van der Waals surface area contributed by atoms with E-state index in [0.717, 1.165) is 25.9 Å². The maximum Gasteiger partial charge on any atom is 0.0686 e. The lowest BCUT2D eigenvalue weighted by atomic mass is 9.69. The maximum atomic E-state index is 6.04. The highest BCUT2D eigenvalue weighted by atomic mass is 16.5. The minimum absolute atomic E-state index is 0.164. The Morgan fingerprint density at radius 3 is 3.05 bits per heavy atom.